The first-order valence-corrected chi connectivity index (χ1v) is 4.72. The Labute approximate surface area is 82.4 Å². The van der Waals surface area contributed by atoms with Gasteiger partial charge in [-0.25, -0.2) is 4.98 Å². The van der Waals surface area contributed by atoms with Gasteiger partial charge in [0, 0.05) is 12.6 Å². The average molecular weight is 194 g/mol. The summed E-state index contributed by atoms with van der Waals surface area (Å²) in [4.78, 5) is 8.15. The predicted octanol–water partition coefficient (Wildman–Crippen LogP) is -0.785. The minimum Gasteiger partial charge on any atom is -0.355 e. The van der Waals surface area contributed by atoms with E-state index in [9.17, 15) is 0 Å². The van der Waals surface area contributed by atoms with Gasteiger partial charge in [-0.2, -0.15) is 5.10 Å². The standard InChI is InChI=1S/C8H14N6/c1-7-4-11-8(13-7)10-2-3-14-6-9-5-12-14/h5-7H,2-4H2,1H3,(H2,10,11,13). The quantitative estimate of drug-likeness (QED) is 0.662. The molecule has 6 nitrogen and oxygen atoms in total. The van der Waals surface area contributed by atoms with E-state index in [0.717, 1.165) is 25.6 Å². The second kappa shape index (κ2) is 4.08. The number of aromatic nitrogens is 3. The molecule has 1 atom stereocenters. The van der Waals surface area contributed by atoms with E-state index in [1.165, 1.54) is 6.33 Å². The monoisotopic (exact) mass is 194 g/mol. The van der Waals surface area contributed by atoms with E-state index in [4.69, 9.17) is 0 Å². The zero-order valence-electron chi connectivity index (χ0n) is 8.14. The van der Waals surface area contributed by atoms with Gasteiger partial charge in [0.2, 0.25) is 0 Å². The molecule has 0 radical (unpaired) electrons. The van der Waals surface area contributed by atoms with Crippen molar-refractivity contribution in [3.8, 4) is 0 Å². The lowest BCUT2D eigenvalue weighted by molar-refractivity contribution is 0.596. The molecule has 1 aromatic rings. The van der Waals surface area contributed by atoms with E-state index in [1.807, 2.05) is 0 Å². The molecule has 14 heavy (non-hydrogen) atoms. The van der Waals surface area contributed by atoms with Gasteiger partial charge >= 0.3 is 0 Å². The number of hydrogen-bond acceptors (Lipinski definition) is 5. The summed E-state index contributed by atoms with van der Waals surface area (Å²) in [6, 6.07) is 0.448. The molecule has 0 aromatic carbocycles. The van der Waals surface area contributed by atoms with E-state index in [0.29, 0.717) is 6.04 Å². The van der Waals surface area contributed by atoms with Crippen molar-refractivity contribution >= 4 is 5.96 Å². The molecular weight excluding hydrogens is 180 g/mol. The van der Waals surface area contributed by atoms with Gasteiger partial charge in [0.05, 0.1) is 13.1 Å². The van der Waals surface area contributed by atoms with E-state index in [2.05, 4.69) is 32.6 Å². The Morgan fingerprint density at radius 1 is 1.71 bits per heavy atom. The number of nitrogens with zero attached hydrogens (tertiary/aromatic N) is 4. The molecule has 1 aliphatic rings. The molecular formula is C8H14N6. The summed E-state index contributed by atoms with van der Waals surface area (Å²) in [6.45, 7) is 4.57. The van der Waals surface area contributed by atoms with Gasteiger partial charge in [-0.15, -0.1) is 0 Å². The van der Waals surface area contributed by atoms with Gasteiger partial charge in [-0.05, 0) is 6.92 Å². The van der Waals surface area contributed by atoms with Crippen LogP contribution in [-0.4, -0.2) is 39.9 Å². The summed E-state index contributed by atoms with van der Waals surface area (Å²) in [5, 5.41) is 10.4. The van der Waals surface area contributed by atoms with Crippen LogP contribution >= 0.6 is 0 Å². The first-order valence-electron chi connectivity index (χ1n) is 4.72. The second-order valence-electron chi connectivity index (χ2n) is 3.32. The maximum absolute atomic E-state index is 4.28. The van der Waals surface area contributed by atoms with Gasteiger partial charge in [-0.3, -0.25) is 9.67 Å². The SMILES string of the molecule is CC1CN=C(NCCn2cncn2)N1. The molecule has 0 saturated carbocycles. The van der Waals surface area contributed by atoms with E-state index >= 15 is 0 Å². The van der Waals surface area contributed by atoms with Crippen LogP contribution in [0.1, 0.15) is 6.92 Å². The molecule has 1 aromatic heterocycles. The van der Waals surface area contributed by atoms with Crippen molar-refractivity contribution in [1.82, 2.24) is 25.4 Å². The molecule has 2 rings (SSSR count). The first-order chi connectivity index (χ1) is 6.84. The lowest BCUT2D eigenvalue weighted by Crippen LogP contribution is -2.38. The van der Waals surface area contributed by atoms with E-state index in [1.54, 1.807) is 11.0 Å². The molecule has 1 aliphatic heterocycles. The summed E-state index contributed by atoms with van der Waals surface area (Å²) in [5.74, 6) is 0.887. The number of aliphatic imine (C=N–C) groups is 1. The summed E-state index contributed by atoms with van der Waals surface area (Å²) in [6.07, 6.45) is 3.24. The van der Waals surface area contributed by atoms with Crippen LogP contribution in [0.4, 0.5) is 0 Å². The van der Waals surface area contributed by atoms with Crippen LogP contribution in [0.5, 0.6) is 0 Å². The van der Waals surface area contributed by atoms with Crippen molar-refractivity contribution in [1.29, 1.82) is 0 Å². The normalized spacial score (nSPS) is 20.4. The lowest BCUT2D eigenvalue weighted by Gasteiger charge is -2.08. The summed E-state index contributed by atoms with van der Waals surface area (Å²) in [7, 11) is 0. The van der Waals surface area contributed by atoms with Crippen LogP contribution in [0.3, 0.4) is 0 Å². The fourth-order valence-electron chi connectivity index (χ4n) is 1.30. The van der Waals surface area contributed by atoms with E-state index in [-0.39, 0.29) is 0 Å². The lowest BCUT2D eigenvalue weighted by atomic mass is 10.4. The number of guanidine groups is 1. The third-order valence-corrected chi connectivity index (χ3v) is 2.01. The fraction of sp³-hybridized carbons (Fsp3) is 0.625. The molecule has 76 valence electrons. The largest absolute Gasteiger partial charge is 0.355 e. The first kappa shape index (κ1) is 8.98. The van der Waals surface area contributed by atoms with Crippen molar-refractivity contribution < 1.29 is 0 Å². The zero-order chi connectivity index (χ0) is 9.80. The van der Waals surface area contributed by atoms with Crippen LogP contribution in [0.15, 0.2) is 17.6 Å². The highest BCUT2D eigenvalue weighted by Crippen LogP contribution is 1.91. The Kier molecular flexibility index (Phi) is 2.62. The minimum atomic E-state index is 0.448. The van der Waals surface area contributed by atoms with Gasteiger partial charge in [0.15, 0.2) is 5.96 Å². The van der Waals surface area contributed by atoms with Crippen LogP contribution in [-0.2, 0) is 6.54 Å². The third-order valence-electron chi connectivity index (χ3n) is 2.01. The Morgan fingerprint density at radius 2 is 2.64 bits per heavy atom. The zero-order valence-corrected chi connectivity index (χ0v) is 8.14. The van der Waals surface area contributed by atoms with Gasteiger partial charge in [0.1, 0.15) is 12.7 Å². The Morgan fingerprint density at radius 3 is 3.29 bits per heavy atom. The van der Waals surface area contributed by atoms with Crippen LogP contribution in [0.25, 0.3) is 0 Å². The van der Waals surface area contributed by atoms with Crippen molar-refractivity contribution in [2.75, 3.05) is 13.1 Å². The summed E-state index contributed by atoms with van der Waals surface area (Å²) in [5.41, 5.74) is 0. The fourth-order valence-corrected chi connectivity index (χ4v) is 1.30. The number of hydrogen-bond donors (Lipinski definition) is 2. The summed E-state index contributed by atoms with van der Waals surface area (Å²) >= 11 is 0. The number of rotatable bonds is 3. The van der Waals surface area contributed by atoms with Gasteiger partial charge in [0.25, 0.3) is 0 Å². The molecule has 0 amide bonds. The van der Waals surface area contributed by atoms with Crippen molar-refractivity contribution in [2.45, 2.75) is 19.5 Å². The Bertz CT molecular complexity index is 304. The predicted molar refractivity (Wildman–Crippen MR) is 52.9 cm³/mol. The smallest absolute Gasteiger partial charge is 0.191 e. The topological polar surface area (TPSA) is 67.1 Å². The molecule has 2 heterocycles. The van der Waals surface area contributed by atoms with Gasteiger partial charge in [-0.1, -0.05) is 0 Å². The molecule has 0 saturated heterocycles. The molecule has 0 fully saturated rings. The molecule has 0 aliphatic carbocycles. The van der Waals surface area contributed by atoms with Crippen molar-refractivity contribution in [3.05, 3.63) is 12.7 Å². The molecule has 6 heteroatoms. The molecule has 0 spiro atoms. The molecule has 0 bridgehead atoms. The maximum Gasteiger partial charge on any atom is 0.191 e. The highest BCUT2D eigenvalue weighted by Gasteiger charge is 2.10. The Hall–Kier alpha value is -1.59. The molecule has 2 N–H and O–H groups in total. The highest BCUT2D eigenvalue weighted by molar-refractivity contribution is 5.81. The summed E-state index contributed by atoms with van der Waals surface area (Å²) < 4.78 is 1.78. The Balaban J connectivity index is 1.69. The van der Waals surface area contributed by atoms with Crippen LogP contribution in [0, 0.1) is 0 Å². The average Bonchev–Trinajstić information content (AvgIpc) is 2.77. The van der Waals surface area contributed by atoms with Crippen LogP contribution in [0.2, 0.25) is 0 Å². The minimum absolute atomic E-state index is 0.448. The highest BCUT2D eigenvalue weighted by atomic mass is 15.3. The maximum atomic E-state index is 4.28. The molecule has 1 unspecified atom stereocenters. The second-order valence-corrected chi connectivity index (χ2v) is 3.32. The van der Waals surface area contributed by atoms with Crippen molar-refractivity contribution in [3.63, 3.8) is 0 Å². The number of nitrogens with one attached hydrogen (secondary N) is 2. The van der Waals surface area contributed by atoms with Crippen molar-refractivity contribution in [2.24, 2.45) is 4.99 Å². The van der Waals surface area contributed by atoms with Crippen LogP contribution < -0.4 is 10.6 Å². The van der Waals surface area contributed by atoms with E-state index < -0.39 is 0 Å². The third kappa shape index (κ3) is 2.21. The van der Waals surface area contributed by atoms with Gasteiger partial charge < -0.3 is 10.6 Å².